The molecule has 2 aliphatic rings. The van der Waals surface area contributed by atoms with Gasteiger partial charge in [-0.3, -0.25) is 4.79 Å². The molecule has 0 unspecified atom stereocenters. The molecule has 134 valence electrons. The molecule has 1 amide bonds. The molecule has 6 heteroatoms. The Balaban J connectivity index is 1.81. The Hall–Kier alpha value is -1.95. The minimum atomic E-state index is -0.430. The van der Waals surface area contributed by atoms with Gasteiger partial charge >= 0.3 is 0 Å². The number of likely N-dealkylation sites (tertiary alicyclic amines) is 1. The molecule has 1 saturated carbocycles. The van der Waals surface area contributed by atoms with E-state index in [2.05, 4.69) is 30.9 Å². The number of rotatable bonds is 3. The predicted octanol–water partition coefficient (Wildman–Crippen LogP) is 2.90. The molecule has 0 aromatic carbocycles. The zero-order chi connectivity index (χ0) is 17.8. The summed E-state index contributed by atoms with van der Waals surface area (Å²) in [6, 6.07) is 1.93. The predicted molar refractivity (Wildman–Crippen MR) is 93.5 cm³/mol. The molecule has 2 aromatic heterocycles. The molecule has 1 N–H and O–H groups in total. The van der Waals surface area contributed by atoms with Gasteiger partial charge in [0.2, 0.25) is 0 Å². The Morgan fingerprint density at radius 1 is 1.36 bits per heavy atom. The second kappa shape index (κ2) is 5.80. The molecule has 3 heterocycles. The van der Waals surface area contributed by atoms with Crippen LogP contribution in [-0.2, 0) is 6.42 Å². The van der Waals surface area contributed by atoms with Gasteiger partial charge in [-0.2, -0.15) is 0 Å². The Morgan fingerprint density at radius 3 is 2.72 bits per heavy atom. The van der Waals surface area contributed by atoms with Gasteiger partial charge in [-0.25, -0.2) is 4.98 Å². The summed E-state index contributed by atoms with van der Waals surface area (Å²) >= 11 is 0. The first-order valence-electron chi connectivity index (χ1n) is 9.08. The summed E-state index contributed by atoms with van der Waals surface area (Å²) in [5, 5.41) is 14.8. The van der Waals surface area contributed by atoms with E-state index in [0.29, 0.717) is 43.1 Å². The maximum atomic E-state index is 13.1. The zero-order valence-electron chi connectivity index (χ0n) is 15.1. The Kier molecular flexibility index (Phi) is 3.83. The third-order valence-corrected chi connectivity index (χ3v) is 4.91. The van der Waals surface area contributed by atoms with Crippen LogP contribution in [0.4, 0.5) is 0 Å². The zero-order valence-corrected chi connectivity index (χ0v) is 15.1. The highest BCUT2D eigenvalue weighted by Crippen LogP contribution is 2.41. The van der Waals surface area contributed by atoms with Gasteiger partial charge in [0.15, 0.2) is 0 Å². The quantitative estimate of drug-likeness (QED) is 0.927. The minimum absolute atomic E-state index is 0.0309. The highest BCUT2D eigenvalue weighted by atomic mass is 16.5. The average molecular weight is 343 g/mol. The number of pyridine rings is 1. The summed E-state index contributed by atoms with van der Waals surface area (Å²) in [5.74, 6) is 0.375. The molecule has 6 nitrogen and oxygen atoms in total. The van der Waals surface area contributed by atoms with Gasteiger partial charge in [0.25, 0.3) is 11.6 Å². The Bertz CT molecular complexity index is 817. The number of nitrogens with zero attached hydrogens (tertiary/aromatic N) is 3. The van der Waals surface area contributed by atoms with E-state index < -0.39 is 6.10 Å². The largest absolute Gasteiger partial charge is 0.391 e. The summed E-state index contributed by atoms with van der Waals surface area (Å²) in [6.07, 6.45) is 3.14. The normalized spacial score (nSPS) is 21.3. The maximum absolute atomic E-state index is 13.1. The van der Waals surface area contributed by atoms with Crippen molar-refractivity contribution >= 4 is 17.0 Å². The minimum Gasteiger partial charge on any atom is -0.391 e. The van der Waals surface area contributed by atoms with E-state index in [1.54, 1.807) is 4.90 Å². The SMILES string of the molecule is CC(C)(C)Cc1noc2nc(C3CC3)cc(C(=O)N3CC[C@@H](O)C3)c12. The number of carbonyl (C=O) groups excluding carboxylic acids is 1. The van der Waals surface area contributed by atoms with Crippen LogP contribution in [0.1, 0.15) is 67.7 Å². The van der Waals surface area contributed by atoms with E-state index >= 15 is 0 Å². The molecule has 2 aromatic rings. The molecule has 1 aliphatic carbocycles. The number of amides is 1. The lowest BCUT2D eigenvalue weighted by Crippen LogP contribution is -2.30. The standard InChI is InChI=1S/C19H25N3O3/c1-19(2,3)9-15-16-13(18(24)22-7-6-12(23)10-22)8-14(11-4-5-11)20-17(16)25-21-15/h8,11-12,23H,4-7,9-10H2,1-3H3/t12-/m1/s1. The monoisotopic (exact) mass is 343 g/mol. The fraction of sp³-hybridized carbons (Fsp3) is 0.632. The number of hydrogen-bond acceptors (Lipinski definition) is 5. The molecule has 1 atom stereocenters. The fourth-order valence-corrected chi connectivity index (χ4v) is 3.51. The van der Waals surface area contributed by atoms with Crippen molar-refractivity contribution < 1.29 is 14.4 Å². The number of aliphatic hydroxyl groups excluding tert-OH is 1. The summed E-state index contributed by atoms with van der Waals surface area (Å²) in [4.78, 5) is 19.5. The molecule has 0 spiro atoms. The van der Waals surface area contributed by atoms with Crippen molar-refractivity contribution in [2.24, 2.45) is 5.41 Å². The molecule has 25 heavy (non-hydrogen) atoms. The van der Waals surface area contributed by atoms with Crippen LogP contribution in [0.2, 0.25) is 0 Å². The van der Waals surface area contributed by atoms with Crippen LogP contribution in [-0.4, -0.2) is 45.2 Å². The Morgan fingerprint density at radius 2 is 2.12 bits per heavy atom. The molecule has 0 bridgehead atoms. The van der Waals surface area contributed by atoms with Gasteiger partial charge in [0, 0.05) is 24.7 Å². The van der Waals surface area contributed by atoms with Crippen molar-refractivity contribution in [2.45, 2.75) is 58.5 Å². The number of β-amino-alcohol motifs (C(OH)–C–C–N with tert-alkyl or cyclic N) is 1. The van der Waals surface area contributed by atoms with Crippen molar-refractivity contribution in [3.8, 4) is 0 Å². The molecule has 1 saturated heterocycles. The number of fused-ring (bicyclic) bond motifs is 1. The van der Waals surface area contributed by atoms with Crippen molar-refractivity contribution in [2.75, 3.05) is 13.1 Å². The van der Waals surface area contributed by atoms with E-state index in [-0.39, 0.29) is 11.3 Å². The lowest BCUT2D eigenvalue weighted by atomic mass is 9.89. The Labute approximate surface area is 147 Å². The first-order valence-corrected chi connectivity index (χ1v) is 9.08. The summed E-state index contributed by atoms with van der Waals surface area (Å²) in [7, 11) is 0. The van der Waals surface area contributed by atoms with Crippen LogP contribution in [0.15, 0.2) is 10.6 Å². The van der Waals surface area contributed by atoms with Crippen molar-refractivity contribution in [3.05, 3.63) is 23.0 Å². The van der Waals surface area contributed by atoms with E-state index in [1.807, 2.05) is 6.07 Å². The fourth-order valence-electron chi connectivity index (χ4n) is 3.51. The summed E-state index contributed by atoms with van der Waals surface area (Å²) in [5.41, 5.74) is 2.84. The summed E-state index contributed by atoms with van der Waals surface area (Å²) in [6.45, 7) is 7.39. The molecule has 0 radical (unpaired) electrons. The van der Waals surface area contributed by atoms with E-state index in [4.69, 9.17) is 4.52 Å². The lowest BCUT2D eigenvalue weighted by Gasteiger charge is -2.18. The summed E-state index contributed by atoms with van der Waals surface area (Å²) < 4.78 is 5.51. The number of carbonyl (C=O) groups is 1. The number of aliphatic hydroxyl groups is 1. The highest BCUT2D eigenvalue weighted by Gasteiger charge is 2.32. The van der Waals surface area contributed by atoms with Gasteiger partial charge in [0.05, 0.1) is 22.7 Å². The van der Waals surface area contributed by atoms with E-state index in [9.17, 15) is 9.90 Å². The molecule has 1 aliphatic heterocycles. The van der Waals surface area contributed by atoms with Crippen molar-refractivity contribution in [1.82, 2.24) is 15.0 Å². The smallest absolute Gasteiger partial charge is 0.259 e. The molecular weight excluding hydrogens is 318 g/mol. The average Bonchev–Trinajstić information content (AvgIpc) is 3.19. The molecular formula is C19H25N3O3. The van der Waals surface area contributed by atoms with E-state index in [1.165, 1.54) is 0 Å². The lowest BCUT2D eigenvalue weighted by molar-refractivity contribution is 0.0766. The number of aromatic nitrogens is 2. The van der Waals surface area contributed by atoms with Crippen LogP contribution in [0, 0.1) is 5.41 Å². The van der Waals surface area contributed by atoms with Crippen LogP contribution < -0.4 is 0 Å². The number of hydrogen-bond donors (Lipinski definition) is 1. The molecule has 4 rings (SSSR count). The second-order valence-corrected chi connectivity index (χ2v) is 8.61. The topological polar surface area (TPSA) is 79.5 Å². The van der Waals surface area contributed by atoms with Crippen LogP contribution in [0.5, 0.6) is 0 Å². The van der Waals surface area contributed by atoms with E-state index in [0.717, 1.165) is 29.6 Å². The van der Waals surface area contributed by atoms with Gasteiger partial charge < -0.3 is 14.5 Å². The first-order chi connectivity index (χ1) is 11.8. The van der Waals surface area contributed by atoms with Gasteiger partial charge in [-0.15, -0.1) is 0 Å². The third kappa shape index (κ3) is 3.27. The second-order valence-electron chi connectivity index (χ2n) is 8.61. The van der Waals surface area contributed by atoms with Crippen LogP contribution in [0.3, 0.4) is 0 Å². The van der Waals surface area contributed by atoms with Crippen LogP contribution in [0.25, 0.3) is 11.1 Å². The highest BCUT2D eigenvalue weighted by molar-refractivity contribution is 6.06. The van der Waals surface area contributed by atoms with Gasteiger partial charge in [0.1, 0.15) is 0 Å². The third-order valence-electron chi connectivity index (χ3n) is 4.91. The van der Waals surface area contributed by atoms with Gasteiger partial charge in [-0.05, 0) is 37.2 Å². The van der Waals surface area contributed by atoms with Crippen molar-refractivity contribution in [3.63, 3.8) is 0 Å². The van der Waals surface area contributed by atoms with Gasteiger partial charge in [-0.1, -0.05) is 25.9 Å². The van der Waals surface area contributed by atoms with Crippen molar-refractivity contribution in [1.29, 1.82) is 0 Å². The maximum Gasteiger partial charge on any atom is 0.259 e. The van der Waals surface area contributed by atoms with Crippen LogP contribution >= 0.6 is 0 Å². The first kappa shape index (κ1) is 16.5. The molecule has 2 fully saturated rings.